The summed E-state index contributed by atoms with van der Waals surface area (Å²) >= 11 is 3.20. The van der Waals surface area contributed by atoms with Crippen LogP contribution in [0.15, 0.2) is 16.6 Å². The van der Waals surface area contributed by atoms with Gasteiger partial charge < -0.3 is 21.3 Å². The van der Waals surface area contributed by atoms with E-state index in [2.05, 4.69) is 15.9 Å². The molecule has 0 radical (unpaired) electrons. The molecule has 0 saturated carbocycles. The van der Waals surface area contributed by atoms with Crippen LogP contribution >= 0.6 is 15.9 Å². The number of nitrogen functional groups attached to an aromatic ring is 1. The van der Waals surface area contributed by atoms with Crippen LogP contribution in [0.2, 0.25) is 0 Å². The van der Waals surface area contributed by atoms with E-state index in [4.69, 9.17) is 16.2 Å². The number of halogens is 1. The van der Waals surface area contributed by atoms with Crippen LogP contribution in [-0.2, 0) is 4.74 Å². The molecular formula is C12H17BrN2O3. The second kappa shape index (κ2) is 5.06. The first-order chi connectivity index (χ1) is 8.12. The molecule has 5 N–H and O–H groups in total. The van der Waals surface area contributed by atoms with E-state index in [-0.39, 0.29) is 16.9 Å². The molecule has 0 fully saturated rings. The Morgan fingerprint density at radius 2 is 2.00 bits per heavy atom. The third-order valence-electron chi connectivity index (χ3n) is 2.44. The molecule has 0 saturated heterocycles. The molecule has 0 aromatic heterocycles. The molecule has 0 aliphatic carbocycles. The molecule has 0 bridgehead atoms. The Kier molecular flexibility index (Phi) is 4.11. The highest BCUT2D eigenvalue weighted by Crippen LogP contribution is 2.40. The van der Waals surface area contributed by atoms with E-state index < -0.39 is 12.2 Å². The lowest BCUT2D eigenvalue weighted by atomic mass is 9.84. The summed E-state index contributed by atoms with van der Waals surface area (Å²) < 4.78 is 5.58. The first-order valence-corrected chi connectivity index (χ1v) is 6.16. The third-order valence-corrected chi connectivity index (χ3v) is 3.04. The van der Waals surface area contributed by atoms with Gasteiger partial charge in [-0.2, -0.15) is 0 Å². The van der Waals surface area contributed by atoms with Gasteiger partial charge in [0.2, 0.25) is 0 Å². The van der Waals surface area contributed by atoms with Crippen LogP contribution < -0.4 is 11.5 Å². The van der Waals surface area contributed by atoms with E-state index in [1.165, 1.54) is 0 Å². The molecule has 1 amide bonds. The SMILES string of the molecule is CC(C)(C)C(OC(N)=O)c1cc(N)c(O)c(Br)c1. The smallest absolute Gasteiger partial charge is 0.405 e. The summed E-state index contributed by atoms with van der Waals surface area (Å²) in [5.41, 5.74) is 11.3. The number of ether oxygens (including phenoxy) is 1. The molecule has 1 aromatic rings. The van der Waals surface area contributed by atoms with Gasteiger partial charge in [0.15, 0.2) is 5.75 Å². The molecule has 1 unspecified atom stereocenters. The third kappa shape index (κ3) is 3.29. The van der Waals surface area contributed by atoms with Crippen molar-refractivity contribution in [2.45, 2.75) is 26.9 Å². The molecule has 0 spiro atoms. The number of aromatic hydroxyl groups is 1. The van der Waals surface area contributed by atoms with E-state index in [0.29, 0.717) is 10.0 Å². The van der Waals surface area contributed by atoms with Gasteiger partial charge in [0, 0.05) is 5.41 Å². The molecule has 1 aromatic carbocycles. The fourth-order valence-electron chi connectivity index (χ4n) is 1.65. The lowest BCUT2D eigenvalue weighted by molar-refractivity contribution is 0.0360. The van der Waals surface area contributed by atoms with Crippen LogP contribution in [-0.4, -0.2) is 11.2 Å². The zero-order valence-electron chi connectivity index (χ0n) is 10.5. The summed E-state index contributed by atoms with van der Waals surface area (Å²) in [6, 6.07) is 3.23. The summed E-state index contributed by atoms with van der Waals surface area (Å²) in [5.74, 6) is -0.0366. The maximum atomic E-state index is 11.0. The fourth-order valence-corrected chi connectivity index (χ4v) is 2.15. The topological polar surface area (TPSA) is 98.6 Å². The van der Waals surface area contributed by atoms with Crippen molar-refractivity contribution in [3.8, 4) is 5.75 Å². The van der Waals surface area contributed by atoms with Gasteiger partial charge in [-0.05, 0) is 33.6 Å². The van der Waals surface area contributed by atoms with Gasteiger partial charge in [-0.15, -0.1) is 0 Å². The van der Waals surface area contributed by atoms with Gasteiger partial charge in [0.25, 0.3) is 0 Å². The number of amides is 1. The lowest BCUT2D eigenvalue weighted by Gasteiger charge is -2.30. The molecule has 0 heterocycles. The highest BCUT2D eigenvalue weighted by atomic mass is 79.9. The molecule has 100 valence electrons. The van der Waals surface area contributed by atoms with Crippen molar-refractivity contribution in [3.05, 3.63) is 22.2 Å². The van der Waals surface area contributed by atoms with E-state index in [0.717, 1.165) is 0 Å². The number of hydrogen-bond donors (Lipinski definition) is 3. The fraction of sp³-hybridized carbons (Fsp3) is 0.417. The number of nitrogens with two attached hydrogens (primary N) is 2. The predicted molar refractivity (Wildman–Crippen MR) is 73.1 cm³/mol. The number of phenolic OH excluding ortho intramolecular Hbond substituents is 1. The summed E-state index contributed by atoms with van der Waals surface area (Å²) in [5, 5.41) is 9.59. The minimum Gasteiger partial charge on any atom is -0.505 e. The molecule has 5 nitrogen and oxygen atoms in total. The standard InChI is InChI=1S/C12H17BrN2O3/c1-12(2,3)10(18-11(15)17)6-4-7(13)9(16)8(14)5-6/h4-5,10,16H,14H2,1-3H3,(H2,15,17). The molecule has 0 aliphatic rings. The Labute approximate surface area is 114 Å². The van der Waals surface area contributed by atoms with Crippen molar-refractivity contribution < 1.29 is 14.6 Å². The summed E-state index contributed by atoms with van der Waals surface area (Å²) in [6.07, 6.45) is -1.40. The Balaban J connectivity index is 3.26. The summed E-state index contributed by atoms with van der Waals surface area (Å²) in [7, 11) is 0. The van der Waals surface area contributed by atoms with E-state index in [1.54, 1.807) is 12.1 Å². The van der Waals surface area contributed by atoms with Gasteiger partial charge in [0.05, 0.1) is 10.2 Å². The van der Waals surface area contributed by atoms with E-state index in [1.807, 2.05) is 20.8 Å². The number of carbonyl (C=O) groups excluding carboxylic acids is 1. The van der Waals surface area contributed by atoms with Gasteiger partial charge in [-0.1, -0.05) is 20.8 Å². The van der Waals surface area contributed by atoms with Crippen molar-refractivity contribution in [2.75, 3.05) is 5.73 Å². The maximum absolute atomic E-state index is 11.0. The van der Waals surface area contributed by atoms with Crippen molar-refractivity contribution in [1.29, 1.82) is 0 Å². The van der Waals surface area contributed by atoms with Crippen LogP contribution in [0.4, 0.5) is 10.5 Å². The minimum absolute atomic E-state index is 0.0366. The number of hydrogen-bond acceptors (Lipinski definition) is 4. The lowest BCUT2D eigenvalue weighted by Crippen LogP contribution is -2.27. The van der Waals surface area contributed by atoms with Crippen molar-refractivity contribution in [2.24, 2.45) is 11.1 Å². The van der Waals surface area contributed by atoms with Crippen molar-refractivity contribution in [3.63, 3.8) is 0 Å². The maximum Gasteiger partial charge on any atom is 0.405 e. The number of primary amides is 1. The van der Waals surface area contributed by atoms with Crippen LogP contribution in [0, 0.1) is 5.41 Å². The van der Waals surface area contributed by atoms with Gasteiger partial charge in [0.1, 0.15) is 6.10 Å². The normalized spacial score (nSPS) is 13.1. The second-order valence-corrected chi connectivity index (χ2v) is 5.98. The molecule has 6 heteroatoms. The van der Waals surface area contributed by atoms with E-state index in [9.17, 15) is 9.90 Å². The Morgan fingerprint density at radius 3 is 2.39 bits per heavy atom. The minimum atomic E-state index is -0.849. The summed E-state index contributed by atoms with van der Waals surface area (Å²) in [6.45, 7) is 5.74. The largest absolute Gasteiger partial charge is 0.505 e. The van der Waals surface area contributed by atoms with E-state index >= 15 is 0 Å². The zero-order valence-corrected chi connectivity index (χ0v) is 12.1. The number of carbonyl (C=O) groups is 1. The highest BCUT2D eigenvalue weighted by Gasteiger charge is 2.30. The highest BCUT2D eigenvalue weighted by molar-refractivity contribution is 9.10. The Bertz CT molecular complexity index is 446. The molecule has 1 rings (SSSR count). The molecule has 1 atom stereocenters. The summed E-state index contributed by atoms with van der Waals surface area (Å²) in [4.78, 5) is 11.0. The molecular weight excluding hydrogens is 300 g/mol. The van der Waals surface area contributed by atoms with Crippen LogP contribution in [0.25, 0.3) is 0 Å². The number of benzene rings is 1. The Morgan fingerprint density at radius 1 is 1.44 bits per heavy atom. The zero-order chi connectivity index (χ0) is 14.1. The van der Waals surface area contributed by atoms with Crippen LogP contribution in [0.5, 0.6) is 5.75 Å². The molecule has 18 heavy (non-hydrogen) atoms. The van der Waals surface area contributed by atoms with Gasteiger partial charge in [-0.3, -0.25) is 0 Å². The van der Waals surface area contributed by atoms with Crippen molar-refractivity contribution in [1.82, 2.24) is 0 Å². The average Bonchev–Trinajstić information content (AvgIpc) is 2.20. The molecule has 0 aliphatic heterocycles. The number of phenols is 1. The first-order valence-electron chi connectivity index (χ1n) is 5.37. The second-order valence-electron chi connectivity index (χ2n) is 5.12. The van der Waals surface area contributed by atoms with Gasteiger partial charge >= 0.3 is 6.09 Å². The average molecular weight is 317 g/mol. The van der Waals surface area contributed by atoms with Gasteiger partial charge in [-0.25, -0.2) is 4.79 Å². The first kappa shape index (κ1) is 14.6. The Hall–Kier alpha value is -1.43. The predicted octanol–water partition coefficient (Wildman–Crippen LogP) is 2.92. The van der Waals surface area contributed by atoms with Crippen LogP contribution in [0.3, 0.4) is 0 Å². The monoisotopic (exact) mass is 316 g/mol. The van der Waals surface area contributed by atoms with Crippen LogP contribution in [0.1, 0.15) is 32.4 Å². The number of rotatable bonds is 2. The van der Waals surface area contributed by atoms with Crippen molar-refractivity contribution >= 4 is 27.7 Å². The quantitative estimate of drug-likeness (QED) is 0.577. The number of anilines is 1.